The van der Waals surface area contributed by atoms with Crippen LogP contribution in [0, 0.1) is 6.92 Å². The van der Waals surface area contributed by atoms with E-state index in [1.54, 1.807) is 35.6 Å². The molecule has 0 saturated heterocycles. The van der Waals surface area contributed by atoms with Crippen molar-refractivity contribution in [2.24, 2.45) is 0 Å². The molecule has 0 aliphatic carbocycles. The van der Waals surface area contributed by atoms with Gasteiger partial charge in [0.05, 0.1) is 18.3 Å². The second kappa shape index (κ2) is 9.30. The maximum Gasteiger partial charge on any atom is 0.279 e. The predicted molar refractivity (Wildman–Crippen MR) is 114 cm³/mol. The average Bonchev–Trinajstić information content (AvgIpc) is 3.14. The fourth-order valence-corrected chi connectivity index (χ4v) is 3.65. The Morgan fingerprint density at radius 1 is 1.04 bits per heavy atom. The molecule has 1 aromatic heterocycles. The molecule has 0 aliphatic rings. The summed E-state index contributed by atoms with van der Waals surface area (Å²) in [4.78, 5) is 26.2. The SMILES string of the molecule is Cc1cccc(NC(=O)c2ccccc2NC(=O)C[NH+](C)Cc2ccsc2)c1. The number of anilines is 2. The lowest BCUT2D eigenvalue weighted by atomic mass is 10.1. The second-order valence-electron chi connectivity index (χ2n) is 6.86. The Morgan fingerprint density at radius 2 is 1.86 bits per heavy atom. The van der Waals surface area contributed by atoms with Gasteiger partial charge in [0.1, 0.15) is 6.54 Å². The molecule has 3 aromatic rings. The molecule has 3 N–H and O–H groups in total. The first-order valence-corrected chi connectivity index (χ1v) is 10.0. The largest absolute Gasteiger partial charge is 0.326 e. The highest BCUT2D eigenvalue weighted by Gasteiger charge is 2.16. The van der Waals surface area contributed by atoms with Gasteiger partial charge in [-0.05, 0) is 53.6 Å². The third kappa shape index (κ3) is 5.52. The summed E-state index contributed by atoms with van der Waals surface area (Å²) in [5, 5.41) is 9.89. The number of likely N-dealkylation sites (N-methyl/N-ethyl adjacent to an activating group) is 1. The van der Waals surface area contributed by atoms with Crippen molar-refractivity contribution >= 4 is 34.5 Å². The molecule has 0 fully saturated rings. The van der Waals surface area contributed by atoms with Gasteiger partial charge in [0.25, 0.3) is 11.8 Å². The van der Waals surface area contributed by atoms with Gasteiger partial charge in [-0.3, -0.25) is 9.59 Å². The standard InChI is InChI=1S/C22H23N3O2S/c1-16-6-5-7-18(12-16)23-22(27)19-8-3-4-9-20(19)24-21(26)14-25(2)13-17-10-11-28-15-17/h3-12,15H,13-14H2,1-2H3,(H,23,27)(H,24,26)/p+1. The second-order valence-corrected chi connectivity index (χ2v) is 7.64. The summed E-state index contributed by atoms with van der Waals surface area (Å²) >= 11 is 1.65. The quantitative estimate of drug-likeness (QED) is 0.577. The number of hydrogen-bond donors (Lipinski definition) is 3. The zero-order valence-electron chi connectivity index (χ0n) is 16.0. The normalized spacial score (nSPS) is 11.6. The van der Waals surface area contributed by atoms with Crippen LogP contribution in [0.25, 0.3) is 0 Å². The van der Waals surface area contributed by atoms with Gasteiger partial charge in [-0.15, -0.1) is 0 Å². The number of benzene rings is 2. The molecule has 2 aromatic carbocycles. The number of quaternary nitrogens is 1. The zero-order valence-corrected chi connectivity index (χ0v) is 16.8. The number of para-hydroxylation sites is 1. The minimum absolute atomic E-state index is 0.122. The van der Waals surface area contributed by atoms with Gasteiger partial charge >= 0.3 is 0 Å². The van der Waals surface area contributed by atoms with Crippen LogP contribution in [0.4, 0.5) is 11.4 Å². The van der Waals surface area contributed by atoms with E-state index in [-0.39, 0.29) is 11.8 Å². The van der Waals surface area contributed by atoms with E-state index < -0.39 is 0 Å². The summed E-state index contributed by atoms with van der Waals surface area (Å²) in [7, 11) is 1.98. The van der Waals surface area contributed by atoms with E-state index in [1.165, 1.54) is 5.56 Å². The third-order valence-electron chi connectivity index (χ3n) is 4.27. The molecule has 5 nitrogen and oxygen atoms in total. The molecule has 0 spiro atoms. The van der Waals surface area contributed by atoms with E-state index in [9.17, 15) is 9.59 Å². The van der Waals surface area contributed by atoms with Crippen molar-refractivity contribution in [3.05, 3.63) is 82.0 Å². The van der Waals surface area contributed by atoms with Crippen LogP contribution in [0.15, 0.2) is 65.4 Å². The first-order valence-electron chi connectivity index (χ1n) is 9.10. The predicted octanol–water partition coefficient (Wildman–Crippen LogP) is 2.96. The highest BCUT2D eigenvalue weighted by Crippen LogP contribution is 2.18. The smallest absolute Gasteiger partial charge is 0.279 e. The maximum absolute atomic E-state index is 12.7. The number of nitrogens with one attached hydrogen (secondary N) is 3. The van der Waals surface area contributed by atoms with E-state index in [0.29, 0.717) is 17.8 Å². The van der Waals surface area contributed by atoms with Crippen LogP contribution in [0.3, 0.4) is 0 Å². The molecular weight excluding hydrogens is 370 g/mol. The molecule has 0 aliphatic heterocycles. The van der Waals surface area contributed by atoms with Crippen molar-refractivity contribution in [3.63, 3.8) is 0 Å². The third-order valence-corrected chi connectivity index (χ3v) is 5.00. The molecular formula is C22H24N3O2S+. The van der Waals surface area contributed by atoms with Gasteiger partial charge in [0.15, 0.2) is 6.54 Å². The number of hydrogen-bond acceptors (Lipinski definition) is 3. The number of amides is 2. The molecule has 0 radical (unpaired) electrons. The topological polar surface area (TPSA) is 62.6 Å². The first kappa shape index (κ1) is 19.8. The Morgan fingerprint density at radius 3 is 2.61 bits per heavy atom. The fraction of sp³-hybridized carbons (Fsp3) is 0.182. The van der Waals surface area contributed by atoms with Crippen molar-refractivity contribution < 1.29 is 14.5 Å². The van der Waals surface area contributed by atoms with Crippen molar-refractivity contribution in [2.75, 3.05) is 24.2 Å². The number of carbonyl (C=O) groups is 2. The highest BCUT2D eigenvalue weighted by molar-refractivity contribution is 7.07. The van der Waals surface area contributed by atoms with Crippen LogP contribution in [-0.4, -0.2) is 25.4 Å². The molecule has 2 amide bonds. The van der Waals surface area contributed by atoms with Crippen molar-refractivity contribution in [3.8, 4) is 0 Å². The van der Waals surface area contributed by atoms with Crippen molar-refractivity contribution in [1.29, 1.82) is 0 Å². The Hall–Kier alpha value is -2.96. The van der Waals surface area contributed by atoms with Crippen LogP contribution >= 0.6 is 11.3 Å². The number of rotatable bonds is 7. The van der Waals surface area contributed by atoms with E-state index >= 15 is 0 Å². The Bertz CT molecular complexity index is 954. The summed E-state index contributed by atoms with van der Waals surface area (Å²) < 4.78 is 0. The summed E-state index contributed by atoms with van der Waals surface area (Å²) in [6.07, 6.45) is 0. The number of aryl methyl sites for hydroxylation is 1. The van der Waals surface area contributed by atoms with E-state index in [4.69, 9.17) is 0 Å². The molecule has 1 atom stereocenters. The first-order chi connectivity index (χ1) is 13.5. The van der Waals surface area contributed by atoms with Gasteiger partial charge in [0.2, 0.25) is 0 Å². The van der Waals surface area contributed by atoms with Crippen LogP contribution in [0.5, 0.6) is 0 Å². The molecule has 1 heterocycles. The van der Waals surface area contributed by atoms with Crippen LogP contribution in [0.2, 0.25) is 0 Å². The van der Waals surface area contributed by atoms with Gasteiger partial charge in [-0.25, -0.2) is 0 Å². The molecule has 28 heavy (non-hydrogen) atoms. The molecule has 144 valence electrons. The molecule has 0 bridgehead atoms. The molecule has 6 heteroatoms. The van der Waals surface area contributed by atoms with Gasteiger partial charge in [-0.1, -0.05) is 24.3 Å². The maximum atomic E-state index is 12.7. The lowest BCUT2D eigenvalue weighted by Gasteiger charge is -2.15. The monoisotopic (exact) mass is 394 g/mol. The van der Waals surface area contributed by atoms with Gasteiger partial charge in [-0.2, -0.15) is 11.3 Å². The Labute approximate surface area is 169 Å². The average molecular weight is 395 g/mol. The lowest BCUT2D eigenvalue weighted by molar-refractivity contribution is -0.885. The molecule has 1 unspecified atom stereocenters. The summed E-state index contributed by atoms with van der Waals surface area (Å²) in [6.45, 7) is 3.08. The van der Waals surface area contributed by atoms with E-state index in [0.717, 1.165) is 22.7 Å². The summed E-state index contributed by atoms with van der Waals surface area (Å²) in [6, 6.07) is 16.7. The lowest BCUT2D eigenvalue weighted by Crippen LogP contribution is -3.08. The van der Waals surface area contributed by atoms with E-state index in [1.807, 2.05) is 43.6 Å². The molecule has 3 rings (SSSR count). The highest BCUT2D eigenvalue weighted by atomic mass is 32.1. The molecule has 0 saturated carbocycles. The fourth-order valence-electron chi connectivity index (χ4n) is 2.98. The summed E-state index contributed by atoms with van der Waals surface area (Å²) in [5.41, 5.74) is 3.96. The zero-order chi connectivity index (χ0) is 19.9. The minimum Gasteiger partial charge on any atom is -0.326 e. The number of carbonyl (C=O) groups excluding carboxylic acids is 2. The number of thiophene rings is 1. The summed E-state index contributed by atoms with van der Waals surface area (Å²) in [5.74, 6) is -0.371. The van der Waals surface area contributed by atoms with Crippen LogP contribution in [0.1, 0.15) is 21.5 Å². The van der Waals surface area contributed by atoms with Crippen LogP contribution in [-0.2, 0) is 11.3 Å². The van der Waals surface area contributed by atoms with Crippen molar-refractivity contribution in [2.45, 2.75) is 13.5 Å². The minimum atomic E-state index is -0.250. The Balaban J connectivity index is 1.64. The van der Waals surface area contributed by atoms with Gasteiger partial charge in [0, 0.05) is 11.3 Å². The Kier molecular flexibility index (Phi) is 6.57. The van der Waals surface area contributed by atoms with Gasteiger partial charge < -0.3 is 15.5 Å². The van der Waals surface area contributed by atoms with Crippen molar-refractivity contribution in [1.82, 2.24) is 0 Å². The van der Waals surface area contributed by atoms with Crippen LogP contribution < -0.4 is 15.5 Å². The van der Waals surface area contributed by atoms with E-state index in [2.05, 4.69) is 22.1 Å².